The Labute approximate surface area is 177 Å². The maximum absolute atomic E-state index is 9.28. The van der Waals surface area contributed by atoms with Gasteiger partial charge in [0.1, 0.15) is 5.75 Å². The molecule has 3 aromatic heterocycles. The lowest BCUT2D eigenvalue weighted by Gasteiger charge is -2.44. The summed E-state index contributed by atoms with van der Waals surface area (Å²) < 4.78 is 11.6. The van der Waals surface area contributed by atoms with Gasteiger partial charge in [-0.2, -0.15) is 0 Å². The van der Waals surface area contributed by atoms with Crippen LogP contribution in [0.2, 0.25) is 0 Å². The van der Waals surface area contributed by atoms with E-state index in [1.165, 1.54) is 15.3 Å². The first kappa shape index (κ1) is 19.0. The van der Waals surface area contributed by atoms with Crippen molar-refractivity contribution in [2.45, 2.75) is 31.5 Å². The maximum atomic E-state index is 9.28. The molecule has 152 valence electrons. The van der Waals surface area contributed by atoms with Crippen LogP contribution in [0.5, 0.6) is 5.75 Å². The van der Waals surface area contributed by atoms with E-state index < -0.39 is 0 Å². The van der Waals surface area contributed by atoms with E-state index in [-0.39, 0.29) is 12.2 Å². The first-order chi connectivity index (χ1) is 14.2. The maximum Gasteiger partial charge on any atom is 0.185 e. The Morgan fingerprint density at radius 2 is 2.17 bits per heavy atom. The lowest BCUT2D eigenvalue weighted by Crippen LogP contribution is -2.46. The molecule has 0 aliphatic carbocycles. The Bertz CT molecular complexity index is 991. The van der Waals surface area contributed by atoms with Gasteiger partial charge < -0.3 is 19.5 Å². The van der Waals surface area contributed by atoms with Gasteiger partial charge in [-0.3, -0.25) is 4.98 Å². The minimum absolute atomic E-state index is 0.00216. The Hall–Kier alpha value is -2.00. The van der Waals surface area contributed by atoms with E-state index in [2.05, 4.69) is 20.9 Å². The van der Waals surface area contributed by atoms with Gasteiger partial charge in [0.05, 0.1) is 48.4 Å². The third-order valence-corrected chi connectivity index (χ3v) is 7.94. The summed E-state index contributed by atoms with van der Waals surface area (Å²) in [6.07, 6.45) is 4.63. The fraction of sp³-hybridized carbons (Fsp3) is 0.429. The highest BCUT2D eigenvalue weighted by Crippen LogP contribution is 2.47. The van der Waals surface area contributed by atoms with Crippen LogP contribution in [0, 0.1) is 0 Å². The fourth-order valence-corrected chi connectivity index (χ4v) is 6.26. The number of nitrogens with zero attached hydrogens (tertiary/aromatic N) is 3. The molecule has 2 aliphatic rings. The van der Waals surface area contributed by atoms with Crippen molar-refractivity contribution < 1.29 is 14.6 Å². The third kappa shape index (κ3) is 3.44. The normalized spacial score (nSPS) is 18.1. The molecule has 0 amide bonds. The van der Waals surface area contributed by atoms with Crippen molar-refractivity contribution in [3.05, 3.63) is 45.9 Å². The molecule has 0 saturated carbocycles. The molecule has 1 N–H and O–H groups in total. The molecular weight excluding hydrogens is 406 g/mol. The average molecular weight is 430 g/mol. The summed E-state index contributed by atoms with van der Waals surface area (Å²) >= 11 is 3.44. The Balaban J connectivity index is 1.38. The zero-order valence-electron chi connectivity index (χ0n) is 16.3. The molecule has 29 heavy (non-hydrogen) atoms. The minimum atomic E-state index is -0.206. The Kier molecular flexibility index (Phi) is 5.03. The van der Waals surface area contributed by atoms with Crippen molar-refractivity contribution >= 4 is 27.8 Å². The highest BCUT2D eigenvalue weighted by molar-refractivity contribution is 7.15. The van der Waals surface area contributed by atoms with E-state index >= 15 is 0 Å². The number of ether oxygens (including phenoxy) is 2. The number of piperidine rings is 1. The van der Waals surface area contributed by atoms with Crippen molar-refractivity contribution in [3.63, 3.8) is 0 Å². The van der Waals surface area contributed by atoms with Crippen molar-refractivity contribution in [1.82, 2.24) is 9.97 Å². The zero-order chi connectivity index (χ0) is 19.8. The molecule has 1 saturated heterocycles. The molecule has 3 aromatic rings. The summed E-state index contributed by atoms with van der Waals surface area (Å²) in [5.74, 6) is 0.772. The second-order valence-corrected chi connectivity index (χ2v) is 9.36. The summed E-state index contributed by atoms with van der Waals surface area (Å²) in [5, 5.41) is 12.2. The highest BCUT2D eigenvalue weighted by Gasteiger charge is 2.42. The standard InChI is InChI=1S/C21H23N3O3S2/c1-26-15-2-3-17(22-11-15)19-10-16-18(29-19)4-9-27-21(16)5-7-24(8-6-21)20-23-14(12-25)13-28-20/h2-3,10-11,13,25H,4-9,12H2,1H3. The number of anilines is 1. The van der Waals surface area contributed by atoms with Crippen LogP contribution < -0.4 is 9.64 Å². The van der Waals surface area contributed by atoms with Crippen molar-refractivity contribution in [3.8, 4) is 16.3 Å². The topological polar surface area (TPSA) is 67.7 Å². The summed E-state index contributed by atoms with van der Waals surface area (Å²) in [4.78, 5) is 14.0. The van der Waals surface area contributed by atoms with Crippen molar-refractivity contribution in [2.75, 3.05) is 31.7 Å². The van der Waals surface area contributed by atoms with Gasteiger partial charge in [0, 0.05) is 29.8 Å². The molecule has 0 radical (unpaired) electrons. The van der Waals surface area contributed by atoms with Crippen molar-refractivity contribution in [2.24, 2.45) is 0 Å². The monoisotopic (exact) mass is 429 g/mol. The van der Waals surface area contributed by atoms with Gasteiger partial charge >= 0.3 is 0 Å². The number of aromatic nitrogens is 2. The number of hydrogen-bond acceptors (Lipinski definition) is 8. The van der Waals surface area contributed by atoms with E-state index in [1.807, 2.05) is 28.8 Å². The van der Waals surface area contributed by atoms with Gasteiger partial charge in [-0.15, -0.1) is 22.7 Å². The average Bonchev–Trinajstić information content (AvgIpc) is 3.43. The molecular formula is C21H23N3O3S2. The number of methoxy groups -OCH3 is 1. The quantitative estimate of drug-likeness (QED) is 0.680. The second kappa shape index (κ2) is 7.68. The lowest BCUT2D eigenvalue weighted by molar-refractivity contribution is -0.0756. The fourth-order valence-electron chi connectivity index (χ4n) is 4.18. The largest absolute Gasteiger partial charge is 0.495 e. The molecule has 8 heteroatoms. The van der Waals surface area contributed by atoms with Gasteiger partial charge in [-0.25, -0.2) is 4.98 Å². The van der Waals surface area contributed by atoms with Gasteiger partial charge in [0.15, 0.2) is 5.13 Å². The molecule has 2 aliphatic heterocycles. The number of hydrogen-bond donors (Lipinski definition) is 1. The van der Waals surface area contributed by atoms with Crippen LogP contribution in [-0.2, 0) is 23.4 Å². The number of aliphatic hydroxyl groups excluding tert-OH is 1. The van der Waals surface area contributed by atoms with Crippen LogP contribution in [0.25, 0.3) is 10.6 Å². The predicted molar refractivity (Wildman–Crippen MR) is 115 cm³/mol. The van der Waals surface area contributed by atoms with E-state index in [0.717, 1.165) is 61.2 Å². The van der Waals surface area contributed by atoms with Gasteiger partial charge in [0.2, 0.25) is 0 Å². The van der Waals surface area contributed by atoms with E-state index in [1.54, 1.807) is 24.6 Å². The summed E-state index contributed by atoms with van der Waals surface area (Å²) in [6.45, 7) is 2.58. The SMILES string of the molecule is COc1ccc(-c2cc3c(s2)CCOC32CCN(c3nc(CO)cs3)CC2)nc1. The van der Waals surface area contributed by atoms with E-state index in [4.69, 9.17) is 9.47 Å². The van der Waals surface area contributed by atoms with E-state index in [9.17, 15) is 5.11 Å². The summed E-state index contributed by atoms with van der Waals surface area (Å²) in [6, 6.07) is 6.27. The second-order valence-electron chi connectivity index (χ2n) is 7.39. The number of thiophene rings is 1. The first-order valence-electron chi connectivity index (χ1n) is 9.78. The molecule has 0 unspecified atom stereocenters. The van der Waals surface area contributed by atoms with Crippen LogP contribution in [0.4, 0.5) is 5.13 Å². The van der Waals surface area contributed by atoms with Crippen LogP contribution in [-0.4, -0.2) is 41.9 Å². The molecule has 1 spiro atoms. The van der Waals surface area contributed by atoms with Crippen LogP contribution in [0.3, 0.4) is 0 Å². The first-order valence-corrected chi connectivity index (χ1v) is 11.5. The molecule has 6 nitrogen and oxygen atoms in total. The Morgan fingerprint density at radius 1 is 1.31 bits per heavy atom. The summed E-state index contributed by atoms with van der Waals surface area (Å²) in [5.41, 5.74) is 2.87. The van der Waals surface area contributed by atoms with Gasteiger partial charge in [0.25, 0.3) is 0 Å². The Morgan fingerprint density at radius 3 is 2.86 bits per heavy atom. The molecule has 0 atom stereocenters. The minimum Gasteiger partial charge on any atom is -0.495 e. The van der Waals surface area contributed by atoms with Gasteiger partial charge in [-0.1, -0.05) is 0 Å². The highest BCUT2D eigenvalue weighted by atomic mass is 32.1. The molecule has 0 aromatic carbocycles. The predicted octanol–water partition coefficient (Wildman–Crippen LogP) is 3.84. The van der Waals surface area contributed by atoms with Gasteiger partial charge in [-0.05, 0) is 36.6 Å². The number of rotatable bonds is 4. The number of aliphatic hydroxyl groups is 1. The summed E-state index contributed by atoms with van der Waals surface area (Å²) in [7, 11) is 1.66. The number of pyridine rings is 1. The lowest BCUT2D eigenvalue weighted by atomic mass is 9.82. The molecule has 0 bridgehead atoms. The smallest absolute Gasteiger partial charge is 0.185 e. The molecule has 5 heterocycles. The van der Waals surface area contributed by atoms with Crippen LogP contribution in [0.1, 0.15) is 29.0 Å². The van der Waals surface area contributed by atoms with Crippen molar-refractivity contribution in [1.29, 1.82) is 0 Å². The van der Waals surface area contributed by atoms with E-state index in [0.29, 0.717) is 0 Å². The van der Waals surface area contributed by atoms with Crippen LogP contribution in [0.15, 0.2) is 29.8 Å². The van der Waals surface area contributed by atoms with Crippen LogP contribution >= 0.6 is 22.7 Å². The molecule has 1 fully saturated rings. The third-order valence-electron chi connectivity index (χ3n) is 5.78. The molecule has 5 rings (SSSR count). The zero-order valence-corrected chi connectivity index (χ0v) is 17.9. The number of thiazole rings is 1. The number of fused-ring (bicyclic) bond motifs is 2.